The molecule has 0 amide bonds. The first-order valence-electron chi connectivity index (χ1n) is 7.82. The van der Waals surface area contributed by atoms with Gasteiger partial charge in [-0.3, -0.25) is 0 Å². The highest BCUT2D eigenvalue weighted by molar-refractivity contribution is 6.30. The number of nitrogens with zero attached hydrogens (tertiary/aromatic N) is 3. The van der Waals surface area contributed by atoms with Crippen molar-refractivity contribution in [3.8, 4) is 28.5 Å². The summed E-state index contributed by atoms with van der Waals surface area (Å²) in [6.07, 6.45) is 0. The van der Waals surface area contributed by atoms with Gasteiger partial charge >= 0.3 is 0 Å². The molecule has 5 nitrogen and oxygen atoms in total. The standard InChI is InChI=1S/C18H18ClN3O2/c1-4-23-18-14(16-21-17(11(2)3)24-22-16)9-10-15(20-18)12-5-7-13(19)8-6-12/h5-11H,4H2,1-3H3. The maximum Gasteiger partial charge on any atom is 0.229 e. The Kier molecular flexibility index (Phi) is 4.81. The highest BCUT2D eigenvalue weighted by Crippen LogP contribution is 2.31. The van der Waals surface area contributed by atoms with Crippen molar-refractivity contribution < 1.29 is 9.26 Å². The molecule has 2 aromatic heterocycles. The van der Waals surface area contributed by atoms with Crippen molar-refractivity contribution in [2.45, 2.75) is 26.7 Å². The molecule has 0 aliphatic rings. The van der Waals surface area contributed by atoms with E-state index in [9.17, 15) is 0 Å². The number of benzene rings is 1. The summed E-state index contributed by atoms with van der Waals surface area (Å²) in [5, 5.41) is 4.73. The third kappa shape index (κ3) is 3.41. The van der Waals surface area contributed by atoms with E-state index in [4.69, 9.17) is 20.9 Å². The molecule has 0 fully saturated rings. The molecular weight excluding hydrogens is 326 g/mol. The highest BCUT2D eigenvalue weighted by Gasteiger charge is 2.17. The second-order valence-corrected chi connectivity index (χ2v) is 6.04. The fourth-order valence-corrected chi connectivity index (χ4v) is 2.34. The highest BCUT2D eigenvalue weighted by atomic mass is 35.5. The van der Waals surface area contributed by atoms with Crippen LogP contribution in [0.4, 0.5) is 0 Å². The van der Waals surface area contributed by atoms with Crippen LogP contribution >= 0.6 is 11.6 Å². The molecule has 124 valence electrons. The number of hydrogen-bond donors (Lipinski definition) is 0. The summed E-state index contributed by atoms with van der Waals surface area (Å²) in [5.74, 6) is 1.73. The first kappa shape index (κ1) is 16.5. The summed E-state index contributed by atoms with van der Waals surface area (Å²) >= 11 is 5.94. The lowest BCUT2D eigenvalue weighted by Crippen LogP contribution is -1.99. The Morgan fingerprint density at radius 3 is 2.46 bits per heavy atom. The Morgan fingerprint density at radius 2 is 1.83 bits per heavy atom. The van der Waals surface area contributed by atoms with Crippen LogP contribution in [0.15, 0.2) is 40.9 Å². The topological polar surface area (TPSA) is 61.0 Å². The summed E-state index contributed by atoms with van der Waals surface area (Å²) in [6, 6.07) is 11.3. The predicted molar refractivity (Wildman–Crippen MR) is 93.2 cm³/mol. The summed E-state index contributed by atoms with van der Waals surface area (Å²) in [6.45, 7) is 6.42. The lowest BCUT2D eigenvalue weighted by Gasteiger charge is -2.09. The van der Waals surface area contributed by atoms with Crippen LogP contribution in [0.1, 0.15) is 32.6 Å². The van der Waals surface area contributed by atoms with Gasteiger partial charge in [-0.15, -0.1) is 0 Å². The molecule has 24 heavy (non-hydrogen) atoms. The third-order valence-corrected chi connectivity index (χ3v) is 3.71. The van der Waals surface area contributed by atoms with Crippen molar-refractivity contribution in [2.24, 2.45) is 0 Å². The van der Waals surface area contributed by atoms with Gasteiger partial charge in [0.25, 0.3) is 0 Å². The lowest BCUT2D eigenvalue weighted by molar-refractivity contribution is 0.328. The molecular formula is C18H18ClN3O2. The molecule has 3 rings (SSSR count). The minimum absolute atomic E-state index is 0.170. The van der Waals surface area contributed by atoms with Gasteiger partial charge in [-0.25, -0.2) is 4.98 Å². The van der Waals surface area contributed by atoms with Gasteiger partial charge in [0.05, 0.1) is 17.9 Å². The zero-order valence-corrected chi connectivity index (χ0v) is 14.5. The van der Waals surface area contributed by atoms with E-state index in [1.165, 1.54) is 0 Å². The molecule has 0 aliphatic carbocycles. The fourth-order valence-electron chi connectivity index (χ4n) is 2.22. The van der Waals surface area contributed by atoms with Crippen LogP contribution in [0, 0.1) is 0 Å². The Bertz CT molecular complexity index is 829. The van der Waals surface area contributed by atoms with E-state index in [0.29, 0.717) is 34.8 Å². The second kappa shape index (κ2) is 7.01. The number of halogens is 1. The van der Waals surface area contributed by atoms with Gasteiger partial charge in [-0.2, -0.15) is 4.98 Å². The van der Waals surface area contributed by atoms with E-state index in [2.05, 4.69) is 15.1 Å². The van der Waals surface area contributed by atoms with Gasteiger partial charge in [0.1, 0.15) is 0 Å². The Hall–Kier alpha value is -2.40. The van der Waals surface area contributed by atoms with Gasteiger partial charge < -0.3 is 9.26 Å². The van der Waals surface area contributed by atoms with Crippen molar-refractivity contribution in [1.29, 1.82) is 0 Å². The SMILES string of the molecule is CCOc1nc(-c2ccc(Cl)cc2)ccc1-c1noc(C(C)C)n1. The molecule has 0 radical (unpaired) electrons. The summed E-state index contributed by atoms with van der Waals surface area (Å²) in [5.41, 5.74) is 2.47. The van der Waals surface area contributed by atoms with Crippen LogP contribution in [0.5, 0.6) is 5.88 Å². The van der Waals surface area contributed by atoms with E-state index >= 15 is 0 Å². The van der Waals surface area contributed by atoms with E-state index < -0.39 is 0 Å². The minimum atomic E-state index is 0.170. The van der Waals surface area contributed by atoms with Crippen LogP contribution in [-0.2, 0) is 0 Å². The summed E-state index contributed by atoms with van der Waals surface area (Å²) in [4.78, 5) is 9.03. The predicted octanol–water partition coefficient (Wildman–Crippen LogP) is 4.97. The van der Waals surface area contributed by atoms with E-state index in [0.717, 1.165) is 11.3 Å². The molecule has 2 heterocycles. The molecule has 0 unspecified atom stereocenters. The normalized spacial score (nSPS) is 11.0. The molecule has 1 aromatic carbocycles. The van der Waals surface area contributed by atoms with Crippen LogP contribution < -0.4 is 4.74 Å². The fraction of sp³-hybridized carbons (Fsp3) is 0.278. The number of pyridine rings is 1. The van der Waals surface area contributed by atoms with Crippen molar-refractivity contribution in [1.82, 2.24) is 15.1 Å². The Labute approximate surface area is 145 Å². The molecule has 0 aliphatic heterocycles. The van der Waals surface area contributed by atoms with Gasteiger partial charge in [0.2, 0.25) is 17.6 Å². The van der Waals surface area contributed by atoms with Crippen LogP contribution in [0.3, 0.4) is 0 Å². The monoisotopic (exact) mass is 343 g/mol. The summed E-state index contributed by atoms with van der Waals surface area (Å²) < 4.78 is 11.0. The molecule has 0 bridgehead atoms. The van der Waals surface area contributed by atoms with E-state index in [1.54, 1.807) is 0 Å². The minimum Gasteiger partial charge on any atom is -0.477 e. The van der Waals surface area contributed by atoms with E-state index in [1.807, 2.05) is 57.2 Å². The first-order chi connectivity index (χ1) is 11.6. The molecule has 0 saturated carbocycles. The molecule has 0 spiro atoms. The maximum atomic E-state index is 5.94. The van der Waals surface area contributed by atoms with Crippen LogP contribution in [-0.4, -0.2) is 21.7 Å². The quantitative estimate of drug-likeness (QED) is 0.654. The zero-order valence-electron chi connectivity index (χ0n) is 13.8. The maximum absolute atomic E-state index is 5.94. The molecule has 0 saturated heterocycles. The number of hydrogen-bond acceptors (Lipinski definition) is 5. The van der Waals surface area contributed by atoms with E-state index in [-0.39, 0.29) is 5.92 Å². The molecule has 0 N–H and O–H groups in total. The number of aromatic nitrogens is 3. The van der Waals surface area contributed by atoms with Gasteiger partial charge in [-0.05, 0) is 31.2 Å². The van der Waals surface area contributed by atoms with Crippen molar-refractivity contribution >= 4 is 11.6 Å². The first-order valence-corrected chi connectivity index (χ1v) is 8.20. The summed E-state index contributed by atoms with van der Waals surface area (Å²) in [7, 11) is 0. The van der Waals surface area contributed by atoms with Gasteiger partial charge in [0, 0.05) is 16.5 Å². The smallest absolute Gasteiger partial charge is 0.229 e. The van der Waals surface area contributed by atoms with Gasteiger partial charge in [-0.1, -0.05) is 42.7 Å². The largest absolute Gasteiger partial charge is 0.477 e. The molecule has 3 aromatic rings. The van der Waals surface area contributed by atoms with Crippen LogP contribution in [0.2, 0.25) is 5.02 Å². The number of ether oxygens (including phenoxy) is 1. The van der Waals surface area contributed by atoms with Crippen molar-refractivity contribution in [3.05, 3.63) is 47.3 Å². The molecule has 6 heteroatoms. The second-order valence-electron chi connectivity index (χ2n) is 5.60. The number of rotatable bonds is 5. The average Bonchev–Trinajstić information content (AvgIpc) is 3.06. The third-order valence-electron chi connectivity index (χ3n) is 3.46. The lowest BCUT2D eigenvalue weighted by atomic mass is 10.1. The Balaban J connectivity index is 2.02. The zero-order chi connectivity index (χ0) is 17.1. The van der Waals surface area contributed by atoms with Crippen molar-refractivity contribution in [2.75, 3.05) is 6.61 Å². The van der Waals surface area contributed by atoms with Crippen molar-refractivity contribution in [3.63, 3.8) is 0 Å². The van der Waals surface area contributed by atoms with Crippen LogP contribution in [0.25, 0.3) is 22.6 Å². The van der Waals surface area contributed by atoms with Gasteiger partial charge in [0.15, 0.2) is 0 Å². The average molecular weight is 344 g/mol. The Morgan fingerprint density at radius 1 is 1.08 bits per heavy atom. The molecule has 0 atom stereocenters.